The van der Waals surface area contributed by atoms with Crippen molar-refractivity contribution in [2.75, 3.05) is 19.0 Å². The number of anilines is 1. The lowest BCUT2D eigenvalue weighted by molar-refractivity contribution is -0.139. The summed E-state index contributed by atoms with van der Waals surface area (Å²) in [6.45, 7) is 1.91. The Morgan fingerprint density at radius 1 is 0.972 bits per heavy atom. The lowest BCUT2D eigenvalue weighted by Crippen LogP contribution is -2.37. The predicted molar refractivity (Wildman–Crippen MR) is 140 cm³/mol. The second-order valence-corrected chi connectivity index (χ2v) is 8.51. The number of halogens is 1. The molecule has 3 amide bonds. The van der Waals surface area contributed by atoms with Crippen molar-refractivity contribution in [1.29, 1.82) is 0 Å². The van der Waals surface area contributed by atoms with Crippen molar-refractivity contribution in [1.82, 2.24) is 10.7 Å². The van der Waals surface area contributed by atoms with E-state index in [0.29, 0.717) is 22.7 Å². The van der Waals surface area contributed by atoms with E-state index in [1.165, 1.54) is 6.21 Å². The number of nitrogens with one attached hydrogen (secondary N) is 3. The summed E-state index contributed by atoms with van der Waals surface area (Å²) in [6.07, 6.45) is 1.37. The maximum Gasteiger partial charge on any atom is 0.329 e. The molecule has 0 bridgehead atoms. The highest BCUT2D eigenvalue weighted by Gasteiger charge is 2.12. The van der Waals surface area contributed by atoms with Crippen LogP contribution in [0, 0.1) is 6.92 Å². The fraction of sp³-hybridized carbons (Fsp3) is 0.154. The first kappa shape index (κ1) is 26.4. The number of ether oxygens (including phenoxy) is 2. The van der Waals surface area contributed by atoms with Gasteiger partial charge in [0.1, 0.15) is 11.5 Å². The number of carbonyl (C=O) groups excluding carboxylic acids is 3. The molecule has 3 rings (SSSR count). The molecule has 0 atom stereocenters. The zero-order valence-corrected chi connectivity index (χ0v) is 21.3. The molecule has 3 aromatic rings. The minimum atomic E-state index is -0.896. The van der Waals surface area contributed by atoms with Gasteiger partial charge in [-0.25, -0.2) is 5.43 Å². The largest absolute Gasteiger partial charge is 0.497 e. The molecule has 0 unspecified atom stereocenters. The molecule has 36 heavy (non-hydrogen) atoms. The summed E-state index contributed by atoms with van der Waals surface area (Å²) in [6, 6.07) is 19.5. The van der Waals surface area contributed by atoms with Crippen LogP contribution in [0.15, 0.2) is 76.3 Å². The SMILES string of the molecule is COc1ccc(CNC(=O)C(=O)N/N=C\c2cccc(OCC(=O)Nc3ccc(Br)cc3C)c2)cc1. The van der Waals surface area contributed by atoms with Gasteiger partial charge in [-0.1, -0.05) is 40.2 Å². The summed E-state index contributed by atoms with van der Waals surface area (Å²) in [7, 11) is 1.57. The number of hydrogen-bond donors (Lipinski definition) is 3. The van der Waals surface area contributed by atoms with Crippen molar-refractivity contribution in [3.05, 3.63) is 87.9 Å². The van der Waals surface area contributed by atoms with Gasteiger partial charge in [0.15, 0.2) is 6.61 Å². The Labute approximate surface area is 217 Å². The molecule has 186 valence electrons. The summed E-state index contributed by atoms with van der Waals surface area (Å²) < 4.78 is 11.6. The Bertz CT molecular complexity index is 1260. The Morgan fingerprint density at radius 3 is 2.47 bits per heavy atom. The molecular weight excluding hydrogens is 528 g/mol. The fourth-order valence-corrected chi connectivity index (χ4v) is 3.48. The lowest BCUT2D eigenvalue weighted by atomic mass is 10.2. The minimum Gasteiger partial charge on any atom is -0.497 e. The summed E-state index contributed by atoms with van der Waals surface area (Å²) in [5, 5.41) is 9.13. The van der Waals surface area contributed by atoms with E-state index in [1.807, 2.05) is 25.1 Å². The summed E-state index contributed by atoms with van der Waals surface area (Å²) in [5.41, 5.74) is 5.23. The third-order valence-electron chi connectivity index (χ3n) is 4.89. The van der Waals surface area contributed by atoms with Crippen LogP contribution < -0.4 is 25.5 Å². The molecule has 0 aromatic heterocycles. The van der Waals surface area contributed by atoms with E-state index >= 15 is 0 Å². The van der Waals surface area contributed by atoms with Crippen LogP contribution in [0.1, 0.15) is 16.7 Å². The van der Waals surface area contributed by atoms with E-state index in [1.54, 1.807) is 55.6 Å². The smallest absolute Gasteiger partial charge is 0.329 e. The number of aryl methyl sites for hydroxylation is 1. The van der Waals surface area contributed by atoms with Crippen LogP contribution in [0.25, 0.3) is 0 Å². The van der Waals surface area contributed by atoms with Gasteiger partial charge in [0, 0.05) is 16.7 Å². The van der Waals surface area contributed by atoms with Crippen molar-refractivity contribution in [3.63, 3.8) is 0 Å². The van der Waals surface area contributed by atoms with E-state index in [2.05, 4.69) is 37.1 Å². The van der Waals surface area contributed by atoms with E-state index in [-0.39, 0.29) is 19.1 Å². The van der Waals surface area contributed by atoms with E-state index in [9.17, 15) is 14.4 Å². The number of carbonyl (C=O) groups is 3. The van der Waals surface area contributed by atoms with Gasteiger partial charge in [0.25, 0.3) is 5.91 Å². The highest BCUT2D eigenvalue weighted by Crippen LogP contribution is 2.20. The number of nitrogens with zero attached hydrogens (tertiary/aromatic N) is 1. The first-order valence-electron chi connectivity index (χ1n) is 10.9. The van der Waals surface area contributed by atoms with Gasteiger partial charge in [0.2, 0.25) is 0 Å². The molecule has 0 heterocycles. The van der Waals surface area contributed by atoms with E-state index in [0.717, 1.165) is 15.6 Å². The van der Waals surface area contributed by atoms with Gasteiger partial charge in [-0.2, -0.15) is 5.10 Å². The van der Waals surface area contributed by atoms with Crippen molar-refractivity contribution < 1.29 is 23.9 Å². The quantitative estimate of drug-likeness (QED) is 0.213. The maximum absolute atomic E-state index is 12.2. The average molecular weight is 553 g/mol. The van der Waals surface area contributed by atoms with Crippen LogP contribution in [0.5, 0.6) is 11.5 Å². The molecule has 0 saturated heterocycles. The second-order valence-electron chi connectivity index (χ2n) is 7.60. The summed E-state index contributed by atoms with van der Waals surface area (Å²) >= 11 is 3.39. The van der Waals surface area contributed by atoms with E-state index < -0.39 is 11.8 Å². The number of benzene rings is 3. The van der Waals surface area contributed by atoms with Crippen molar-refractivity contribution in [3.8, 4) is 11.5 Å². The Morgan fingerprint density at radius 2 is 1.75 bits per heavy atom. The molecule has 3 N–H and O–H groups in total. The molecule has 9 nitrogen and oxygen atoms in total. The number of amides is 3. The summed E-state index contributed by atoms with van der Waals surface area (Å²) in [4.78, 5) is 36.2. The molecule has 0 saturated carbocycles. The Kier molecular flexibility index (Phi) is 9.58. The molecule has 0 aliphatic heterocycles. The predicted octanol–water partition coefficient (Wildman–Crippen LogP) is 3.55. The third kappa shape index (κ3) is 8.24. The van der Waals surface area contributed by atoms with Gasteiger partial charge >= 0.3 is 11.8 Å². The average Bonchev–Trinajstić information content (AvgIpc) is 2.88. The zero-order valence-electron chi connectivity index (χ0n) is 19.7. The van der Waals surface area contributed by atoms with Crippen LogP contribution >= 0.6 is 15.9 Å². The van der Waals surface area contributed by atoms with Gasteiger partial charge < -0.3 is 20.1 Å². The normalized spacial score (nSPS) is 10.5. The van der Waals surface area contributed by atoms with Gasteiger partial charge in [-0.05, 0) is 66.1 Å². The molecule has 10 heteroatoms. The Balaban J connectivity index is 1.44. The Hall–Kier alpha value is -4.18. The molecule has 0 radical (unpaired) electrons. The first-order chi connectivity index (χ1) is 17.3. The maximum atomic E-state index is 12.2. The zero-order chi connectivity index (χ0) is 25.9. The van der Waals surface area contributed by atoms with E-state index in [4.69, 9.17) is 9.47 Å². The molecule has 0 spiro atoms. The van der Waals surface area contributed by atoms with Crippen molar-refractivity contribution in [2.24, 2.45) is 5.10 Å². The molecule has 0 fully saturated rings. The molecule has 0 aliphatic carbocycles. The van der Waals surface area contributed by atoms with Crippen molar-refractivity contribution >= 4 is 45.6 Å². The third-order valence-corrected chi connectivity index (χ3v) is 5.38. The van der Waals surface area contributed by atoms with Gasteiger partial charge in [-0.15, -0.1) is 0 Å². The molecule has 3 aromatic carbocycles. The summed E-state index contributed by atoms with van der Waals surface area (Å²) in [5.74, 6) is -0.859. The van der Waals surface area contributed by atoms with Crippen LogP contribution in [0.4, 0.5) is 5.69 Å². The van der Waals surface area contributed by atoms with Crippen LogP contribution in [-0.4, -0.2) is 37.7 Å². The first-order valence-corrected chi connectivity index (χ1v) is 11.7. The molecular formula is C26H25BrN4O5. The van der Waals surface area contributed by atoms with Crippen LogP contribution in [0.2, 0.25) is 0 Å². The lowest BCUT2D eigenvalue weighted by Gasteiger charge is -2.10. The number of hydrazone groups is 1. The monoisotopic (exact) mass is 552 g/mol. The standard InChI is InChI=1S/C26H25BrN4O5/c1-17-12-20(27)8-11-23(17)30-24(32)16-36-22-5-3-4-19(13-22)15-29-31-26(34)25(33)28-14-18-6-9-21(35-2)10-7-18/h3-13,15H,14,16H2,1-2H3,(H,28,33)(H,30,32)(H,31,34)/b29-15-. The van der Waals surface area contributed by atoms with Gasteiger partial charge in [0.05, 0.1) is 13.3 Å². The second kappa shape index (κ2) is 13.1. The topological polar surface area (TPSA) is 118 Å². The number of hydrogen-bond acceptors (Lipinski definition) is 6. The van der Waals surface area contributed by atoms with Gasteiger partial charge in [-0.3, -0.25) is 14.4 Å². The number of rotatable bonds is 9. The van der Waals surface area contributed by atoms with Crippen LogP contribution in [0.3, 0.4) is 0 Å². The molecule has 0 aliphatic rings. The highest BCUT2D eigenvalue weighted by atomic mass is 79.9. The fourth-order valence-electron chi connectivity index (χ4n) is 3.01. The minimum absolute atomic E-state index is 0.179. The van der Waals surface area contributed by atoms with Crippen LogP contribution in [-0.2, 0) is 20.9 Å². The highest BCUT2D eigenvalue weighted by molar-refractivity contribution is 9.10. The number of methoxy groups -OCH3 is 1. The van der Waals surface area contributed by atoms with Crippen molar-refractivity contribution in [2.45, 2.75) is 13.5 Å².